The van der Waals surface area contributed by atoms with Gasteiger partial charge in [0.2, 0.25) is 0 Å². The lowest BCUT2D eigenvalue weighted by Gasteiger charge is -2.65. The van der Waals surface area contributed by atoms with Crippen molar-refractivity contribution < 1.29 is 38.1 Å². The van der Waals surface area contributed by atoms with E-state index in [-0.39, 0.29) is 52.6 Å². The summed E-state index contributed by atoms with van der Waals surface area (Å²) in [5.74, 6) is -1.14. The molecule has 1 aliphatic heterocycles. The maximum atomic E-state index is 12.4. The van der Waals surface area contributed by atoms with Gasteiger partial charge in [-0.05, 0) is 42.9 Å². The van der Waals surface area contributed by atoms with Crippen LogP contribution in [0.25, 0.3) is 0 Å². The second-order valence-electron chi connectivity index (χ2n) is 12.1. The Bertz CT molecular complexity index is 880. The molecule has 0 amide bonds. The zero-order valence-corrected chi connectivity index (χ0v) is 21.7. The van der Waals surface area contributed by atoms with Crippen LogP contribution >= 0.6 is 0 Å². The van der Waals surface area contributed by atoms with Crippen LogP contribution in [-0.4, -0.2) is 55.2 Å². The van der Waals surface area contributed by atoms with Crippen molar-refractivity contribution in [1.29, 1.82) is 0 Å². The van der Waals surface area contributed by atoms with Crippen molar-refractivity contribution in [3.05, 3.63) is 0 Å². The van der Waals surface area contributed by atoms with Crippen molar-refractivity contribution in [3.8, 4) is 0 Å². The Hall–Kier alpha value is -1.67. The van der Waals surface area contributed by atoms with Crippen LogP contribution in [0.15, 0.2) is 0 Å². The second kappa shape index (κ2) is 8.72. The Kier molecular flexibility index (Phi) is 6.23. The highest BCUT2D eigenvalue weighted by atomic mass is 16.7. The average Bonchev–Trinajstić information content (AvgIpc) is 3.38. The molecule has 4 aliphatic carbocycles. The molecule has 0 aromatic heterocycles. The Morgan fingerprint density at radius 2 is 1.46 bits per heavy atom. The summed E-state index contributed by atoms with van der Waals surface area (Å²) >= 11 is 0. The molecule has 5 rings (SSSR count). The zero-order chi connectivity index (χ0) is 25.2. The molecule has 0 unspecified atom stereocenters. The Morgan fingerprint density at radius 1 is 0.800 bits per heavy atom. The van der Waals surface area contributed by atoms with Crippen LogP contribution < -0.4 is 0 Å². The van der Waals surface area contributed by atoms with Crippen molar-refractivity contribution in [1.82, 2.24) is 0 Å². The predicted molar refractivity (Wildman–Crippen MR) is 124 cm³/mol. The number of rotatable bonds is 3. The van der Waals surface area contributed by atoms with Crippen LogP contribution in [0.1, 0.15) is 79.6 Å². The molecule has 1 heterocycles. The molecular formula is C27H40O8. The largest absolute Gasteiger partial charge is 0.462 e. The van der Waals surface area contributed by atoms with Crippen molar-refractivity contribution in [2.24, 2.45) is 34.5 Å². The van der Waals surface area contributed by atoms with E-state index < -0.39 is 18.0 Å². The fourth-order valence-corrected chi connectivity index (χ4v) is 9.03. The number of fused-ring (bicyclic) bond motifs is 5. The normalized spacial score (nSPS) is 45.7. The van der Waals surface area contributed by atoms with E-state index in [0.717, 1.165) is 32.1 Å². The first kappa shape index (κ1) is 25.0. The van der Waals surface area contributed by atoms with Crippen molar-refractivity contribution in [3.63, 3.8) is 0 Å². The van der Waals surface area contributed by atoms with E-state index in [4.69, 9.17) is 23.7 Å². The van der Waals surface area contributed by atoms with Crippen LogP contribution in [0.4, 0.5) is 0 Å². The lowest BCUT2D eigenvalue weighted by molar-refractivity contribution is -0.281. The molecule has 1 saturated heterocycles. The molecule has 35 heavy (non-hydrogen) atoms. The summed E-state index contributed by atoms with van der Waals surface area (Å²) in [4.78, 5) is 36.9. The maximum Gasteiger partial charge on any atom is 0.303 e. The molecule has 9 atom stereocenters. The fraction of sp³-hybridized carbons (Fsp3) is 0.889. The molecule has 0 aromatic rings. The zero-order valence-electron chi connectivity index (χ0n) is 21.7. The molecule has 0 N–H and O–H groups in total. The minimum atomic E-state index is -0.641. The van der Waals surface area contributed by atoms with Crippen LogP contribution in [0.2, 0.25) is 0 Å². The van der Waals surface area contributed by atoms with E-state index in [9.17, 15) is 14.4 Å². The van der Waals surface area contributed by atoms with Crippen molar-refractivity contribution in [2.75, 3.05) is 13.2 Å². The third-order valence-corrected chi connectivity index (χ3v) is 10.2. The van der Waals surface area contributed by atoms with E-state index in [2.05, 4.69) is 13.8 Å². The first-order valence-electron chi connectivity index (χ1n) is 13.3. The van der Waals surface area contributed by atoms with Gasteiger partial charge >= 0.3 is 17.9 Å². The van der Waals surface area contributed by atoms with Crippen molar-refractivity contribution >= 4 is 17.9 Å². The molecule has 5 fully saturated rings. The molecule has 0 radical (unpaired) electrons. The SMILES string of the molecule is CC(=O)O[C@H]1[C@H]2[C@@H](C[C@H](OC(C)=O)[C@H]3CC4(CC[C@]23C)OCCO4)[C@@H]2CCC[C@@]2(C)[C@H]1OC(C)=O. The molecule has 0 bridgehead atoms. The average molecular weight is 493 g/mol. The third-order valence-electron chi connectivity index (χ3n) is 10.2. The number of esters is 3. The minimum absolute atomic E-state index is 0.0116. The van der Waals surface area contributed by atoms with Gasteiger partial charge in [-0.1, -0.05) is 20.3 Å². The summed E-state index contributed by atoms with van der Waals surface area (Å²) in [5, 5.41) is 0. The third kappa shape index (κ3) is 3.99. The first-order valence-corrected chi connectivity index (χ1v) is 13.3. The predicted octanol–water partition coefficient (Wildman–Crippen LogP) is 3.79. The minimum Gasteiger partial charge on any atom is -0.462 e. The summed E-state index contributed by atoms with van der Waals surface area (Å²) in [7, 11) is 0. The van der Waals surface area contributed by atoms with Gasteiger partial charge in [0.15, 0.2) is 5.79 Å². The quantitative estimate of drug-likeness (QED) is 0.434. The molecule has 196 valence electrons. The Labute approximate surface area is 207 Å². The number of ether oxygens (including phenoxy) is 5. The number of carbonyl (C=O) groups is 3. The van der Waals surface area contributed by atoms with Gasteiger partial charge in [-0.3, -0.25) is 14.4 Å². The van der Waals surface area contributed by atoms with Crippen molar-refractivity contribution in [2.45, 2.75) is 104 Å². The highest BCUT2D eigenvalue weighted by molar-refractivity contribution is 5.68. The first-order chi connectivity index (χ1) is 16.5. The van der Waals surface area contributed by atoms with Crippen LogP contribution in [0.3, 0.4) is 0 Å². The molecule has 0 aromatic carbocycles. The summed E-state index contributed by atoms with van der Waals surface area (Å²) in [6.45, 7) is 9.93. The van der Waals surface area contributed by atoms with Crippen LogP contribution in [0, 0.1) is 34.5 Å². The maximum absolute atomic E-state index is 12.4. The lowest BCUT2D eigenvalue weighted by Crippen LogP contribution is -2.68. The monoisotopic (exact) mass is 492 g/mol. The summed E-state index contributed by atoms with van der Waals surface area (Å²) in [5.41, 5.74) is -0.587. The van der Waals surface area contributed by atoms with Gasteiger partial charge in [0.05, 0.1) is 13.2 Å². The Morgan fingerprint density at radius 3 is 2.09 bits per heavy atom. The summed E-state index contributed by atoms with van der Waals surface area (Å²) in [6.07, 6.45) is 4.60. The van der Waals surface area contributed by atoms with Gasteiger partial charge in [-0.25, -0.2) is 0 Å². The van der Waals surface area contributed by atoms with E-state index in [1.54, 1.807) is 0 Å². The molecule has 8 nitrogen and oxygen atoms in total. The Balaban J connectivity index is 1.60. The molecule has 8 heteroatoms. The highest BCUT2D eigenvalue weighted by Crippen LogP contribution is 2.68. The van der Waals surface area contributed by atoms with Gasteiger partial charge < -0.3 is 23.7 Å². The topological polar surface area (TPSA) is 97.4 Å². The van der Waals surface area contributed by atoms with E-state index in [1.165, 1.54) is 20.8 Å². The highest BCUT2D eigenvalue weighted by Gasteiger charge is 2.70. The van der Waals surface area contributed by atoms with Crippen LogP contribution in [0.5, 0.6) is 0 Å². The summed E-state index contributed by atoms with van der Waals surface area (Å²) in [6, 6.07) is 0. The molecule has 5 aliphatic rings. The van der Waals surface area contributed by atoms with E-state index in [1.807, 2.05) is 0 Å². The fourth-order valence-electron chi connectivity index (χ4n) is 9.03. The van der Waals surface area contributed by atoms with Crippen LogP contribution in [-0.2, 0) is 38.1 Å². The van der Waals surface area contributed by atoms with E-state index in [0.29, 0.717) is 32.0 Å². The second-order valence-corrected chi connectivity index (χ2v) is 12.1. The van der Waals surface area contributed by atoms with Gasteiger partial charge in [-0.2, -0.15) is 0 Å². The number of carbonyl (C=O) groups excluding carboxylic acids is 3. The van der Waals surface area contributed by atoms with E-state index >= 15 is 0 Å². The smallest absolute Gasteiger partial charge is 0.303 e. The van der Waals surface area contributed by atoms with Gasteiger partial charge in [-0.15, -0.1) is 0 Å². The number of hydrogen-bond acceptors (Lipinski definition) is 8. The molecule has 1 spiro atoms. The standard InChI is InChI=1S/C27H40O8/c1-15(28)33-21-13-18-19-7-6-8-26(19,5)24(35-17(3)30)23(34-16(2)29)22(18)25(4)9-10-27(14-20(21)25)31-11-12-32-27/h18-24H,6-14H2,1-5H3/t18-,19-,20+,21-,22+,23-,24-,25-,26+/m0/s1. The lowest BCUT2D eigenvalue weighted by atomic mass is 9.43. The molecule has 4 saturated carbocycles. The van der Waals surface area contributed by atoms with Gasteiger partial charge in [0, 0.05) is 50.9 Å². The van der Waals surface area contributed by atoms with Gasteiger partial charge in [0.25, 0.3) is 0 Å². The van der Waals surface area contributed by atoms with Gasteiger partial charge in [0.1, 0.15) is 18.3 Å². The number of hydrogen-bond donors (Lipinski definition) is 0. The molecular weight excluding hydrogens is 452 g/mol. The summed E-state index contributed by atoms with van der Waals surface area (Å²) < 4.78 is 30.4.